The molecular formula is C17H14O10S. The Kier molecular flexibility index (Phi) is 4.57. The zero-order chi connectivity index (χ0) is 20.8. The average Bonchev–Trinajstić information content (AvgIpc) is 2.59. The lowest BCUT2D eigenvalue weighted by atomic mass is 10.1. The van der Waals surface area contributed by atoms with E-state index < -0.39 is 43.1 Å². The first-order valence-corrected chi connectivity index (χ1v) is 8.98. The summed E-state index contributed by atoms with van der Waals surface area (Å²) < 4.78 is 48.8. The van der Waals surface area contributed by atoms with Gasteiger partial charge < -0.3 is 29.2 Å². The van der Waals surface area contributed by atoms with Crippen molar-refractivity contribution in [1.29, 1.82) is 0 Å². The summed E-state index contributed by atoms with van der Waals surface area (Å²) in [6.07, 6.45) is 0. The van der Waals surface area contributed by atoms with Crippen LogP contribution in [0.25, 0.3) is 22.3 Å². The molecule has 0 aliphatic carbocycles. The van der Waals surface area contributed by atoms with Gasteiger partial charge in [-0.1, -0.05) is 0 Å². The third-order valence-corrected chi connectivity index (χ3v) is 4.80. The molecule has 0 radical (unpaired) electrons. The molecule has 0 unspecified atom stereocenters. The summed E-state index contributed by atoms with van der Waals surface area (Å²) in [6.45, 7) is 0. The van der Waals surface area contributed by atoms with Crippen LogP contribution in [0.5, 0.6) is 28.7 Å². The van der Waals surface area contributed by atoms with E-state index in [1.54, 1.807) is 0 Å². The second-order valence-electron chi connectivity index (χ2n) is 5.63. The Bertz CT molecular complexity index is 1230. The molecule has 148 valence electrons. The minimum Gasteiger partial charge on any atom is -0.508 e. The van der Waals surface area contributed by atoms with E-state index in [4.69, 9.17) is 13.9 Å². The van der Waals surface area contributed by atoms with E-state index in [9.17, 15) is 33.1 Å². The van der Waals surface area contributed by atoms with Crippen LogP contribution in [-0.2, 0) is 10.1 Å². The van der Waals surface area contributed by atoms with Gasteiger partial charge in [-0.25, -0.2) is 0 Å². The molecule has 0 fully saturated rings. The summed E-state index contributed by atoms with van der Waals surface area (Å²) in [5.74, 6) is -2.43. The molecule has 0 spiro atoms. The van der Waals surface area contributed by atoms with Gasteiger partial charge in [-0.3, -0.25) is 9.35 Å². The minimum atomic E-state index is -5.10. The summed E-state index contributed by atoms with van der Waals surface area (Å²) in [5, 5.41) is 29.0. The quantitative estimate of drug-likeness (QED) is 0.467. The summed E-state index contributed by atoms with van der Waals surface area (Å²) >= 11 is 0. The first-order chi connectivity index (χ1) is 13.1. The summed E-state index contributed by atoms with van der Waals surface area (Å²) in [6, 6.07) is 4.11. The highest BCUT2D eigenvalue weighted by molar-refractivity contribution is 7.86. The molecule has 1 heterocycles. The van der Waals surface area contributed by atoms with Gasteiger partial charge in [-0.2, -0.15) is 8.42 Å². The summed E-state index contributed by atoms with van der Waals surface area (Å²) in [4.78, 5) is 11.6. The Morgan fingerprint density at radius 3 is 2.04 bits per heavy atom. The highest BCUT2D eigenvalue weighted by atomic mass is 32.2. The Balaban J connectivity index is 2.53. The molecule has 2 aromatic carbocycles. The number of hydrogen-bond donors (Lipinski definition) is 4. The van der Waals surface area contributed by atoms with E-state index in [1.165, 1.54) is 14.2 Å². The van der Waals surface area contributed by atoms with Crippen molar-refractivity contribution in [3.63, 3.8) is 0 Å². The minimum absolute atomic E-state index is 0.0963. The average molecular weight is 410 g/mol. The molecule has 11 heteroatoms. The van der Waals surface area contributed by atoms with E-state index in [0.29, 0.717) is 0 Å². The van der Waals surface area contributed by atoms with Crippen molar-refractivity contribution >= 4 is 21.1 Å². The number of benzene rings is 2. The normalized spacial score (nSPS) is 11.5. The first-order valence-electron chi connectivity index (χ1n) is 7.54. The number of ether oxygens (including phenoxy) is 2. The highest BCUT2D eigenvalue weighted by Gasteiger charge is 2.28. The monoisotopic (exact) mass is 410 g/mol. The highest BCUT2D eigenvalue weighted by Crippen LogP contribution is 2.42. The largest absolute Gasteiger partial charge is 0.508 e. The van der Waals surface area contributed by atoms with Crippen LogP contribution >= 0.6 is 0 Å². The van der Waals surface area contributed by atoms with Crippen molar-refractivity contribution in [2.45, 2.75) is 4.90 Å². The van der Waals surface area contributed by atoms with Gasteiger partial charge in [0, 0.05) is 17.7 Å². The van der Waals surface area contributed by atoms with Crippen LogP contribution in [0.3, 0.4) is 0 Å². The lowest BCUT2D eigenvalue weighted by Crippen LogP contribution is -2.16. The van der Waals surface area contributed by atoms with Crippen molar-refractivity contribution in [1.82, 2.24) is 0 Å². The van der Waals surface area contributed by atoms with Gasteiger partial charge in [-0.15, -0.1) is 0 Å². The molecular weight excluding hydrogens is 396 g/mol. The smallest absolute Gasteiger partial charge is 0.302 e. The number of aromatic hydroxyl groups is 3. The molecule has 3 aromatic rings. The first kappa shape index (κ1) is 19.3. The third kappa shape index (κ3) is 3.06. The van der Waals surface area contributed by atoms with Crippen LogP contribution < -0.4 is 14.9 Å². The molecule has 0 aliphatic heterocycles. The van der Waals surface area contributed by atoms with Crippen LogP contribution in [0.4, 0.5) is 0 Å². The van der Waals surface area contributed by atoms with Crippen LogP contribution in [-0.4, -0.2) is 42.5 Å². The fourth-order valence-corrected chi connectivity index (χ4v) is 3.45. The summed E-state index contributed by atoms with van der Waals surface area (Å²) in [5.41, 5.74) is -1.68. The van der Waals surface area contributed by atoms with Gasteiger partial charge in [0.1, 0.15) is 22.5 Å². The molecule has 0 aliphatic rings. The second-order valence-corrected chi connectivity index (χ2v) is 6.99. The number of phenols is 3. The van der Waals surface area contributed by atoms with E-state index >= 15 is 0 Å². The maximum Gasteiger partial charge on any atom is 0.302 e. The van der Waals surface area contributed by atoms with E-state index in [1.807, 2.05) is 0 Å². The molecule has 0 saturated heterocycles. The molecule has 0 amide bonds. The van der Waals surface area contributed by atoms with Crippen molar-refractivity contribution in [2.24, 2.45) is 0 Å². The predicted molar refractivity (Wildman–Crippen MR) is 95.8 cm³/mol. The van der Waals surface area contributed by atoms with E-state index in [2.05, 4.69) is 0 Å². The van der Waals surface area contributed by atoms with Gasteiger partial charge in [0.05, 0.1) is 14.2 Å². The van der Waals surface area contributed by atoms with Gasteiger partial charge in [0.25, 0.3) is 0 Å². The predicted octanol–water partition coefficient (Wildman–Crippen LogP) is 1.84. The Hall–Kier alpha value is -3.44. The van der Waals surface area contributed by atoms with Crippen LogP contribution in [0.2, 0.25) is 0 Å². The SMILES string of the molecule is COc1cc(-c2oc3cc(O)cc(O)c3c(=O)c2S(=O)(=O)O)cc(OC)c1O. The van der Waals surface area contributed by atoms with E-state index in [0.717, 1.165) is 24.3 Å². The maximum absolute atomic E-state index is 12.7. The standard InChI is InChI=1S/C17H14O10S/c1-25-11-3-7(4-12(26-2)14(11)20)16-17(28(22,23)24)15(21)13-9(19)5-8(18)6-10(13)27-16/h3-6,18-20H,1-2H3,(H,22,23,24). The summed E-state index contributed by atoms with van der Waals surface area (Å²) in [7, 11) is -2.64. The number of methoxy groups -OCH3 is 2. The Labute approximate surface area is 157 Å². The Morgan fingerprint density at radius 1 is 0.964 bits per heavy atom. The van der Waals surface area contributed by atoms with Crippen molar-refractivity contribution < 1.29 is 42.2 Å². The number of hydrogen-bond acceptors (Lipinski definition) is 9. The third-order valence-electron chi connectivity index (χ3n) is 3.92. The lowest BCUT2D eigenvalue weighted by molar-refractivity contribution is 0.340. The van der Waals surface area contributed by atoms with Gasteiger partial charge >= 0.3 is 10.1 Å². The van der Waals surface area contributed by atoms with Crippen LogP contribution in [0.1, 0.15) is 0 Å². The van der Waals surface area contributed by atoms with Gasteiger partial charge in [0.2, 0.25) is 11.2 Å². The molecule has 10 nitrogen and oxygen atoms in total. The zero-order valence-electron chi connectivity index (χ0n) is 14.5. The maximum atomic E-state index is 12.7. The van der Waals surface area contributed by atoms with Crippen molar-refractivity contribution in [2.75, 3.05) is 14.2 Å². The molecule has 0 bridgehead atoms. The second kappa shape index (κ2) is 6.62. The van der Waals surface area contributed by atoms with Crippen LogP contribution in [0, 0.1) is 0 Å². The van der Waals surface area contributed by atoms with Gasteiger partial charge in [0.15, 0.2) is 22.2 Å². The van der Waals surface area contributed by atoms with Crippen molar-refractivity contribution in [3.8, 4) is 40.1 Å². The number of phenolic OH excluding ortho intramolecular Hbond substituents is 3. The van der Waals surface area contributed by atoms with Gasteiger partial charge in [-0.05, 0) is 12.1 Å². The topological polar surface area (TPSA) is 164 Å². The number of fused-ring (bicyclic) bond motifs is 1. The fourth-order valence-electron chi connectivity index (χ4n) is 2.72. The zero-order valence-corrected chi connectivity index (χ0v) is 15.3. The molecule has 4 N–H and O–H groups in total. The molecule has 0 atom stereocenters. The fraction of sp³-hybridized carbons (Fsp3) is 0.118. The lowest BCUT2D eigenvalue weighted by Gasteiger charge is -2.13. The molecule has 3 rings (SSSR count). The number of rotatable bonds is 4. The molecule has 28 heavy (non-hydrogen) atoms. The molecule has 1 aromatic heterocycles. The van der Waals surface area contributed by atoms with Crippen molar-refractivity contribution in [3.05, 3.63) is 34.5 Å². The Morgan fingerprint density at radius 2 is 1.54 bits per heavy atom. The van der Waals surface area contributed by atoms with Crippen LogP contribution in [0.15, 0.2) is 38.4 Å². The molecule has 0 saturated carbocycles. The van der Waals surface area contributed by atoms with E-state index in [-0.39, 0.29) is 28.4 Å².